The van der Waals surface area contributed by atoms with Gasteiger partial charge in [-0.1, -0.05) is 6.07 Å². The summed E-state index contributed by atoms with van der Waals surface area (Å²) in [5, 5.41) is 11.9. The van der Waals surface area contributed by atoms with Crippen LogP contribution in [0.25, 0.3) is 0 Å². The van der Waals surface area contributed by atoms with E-state index in [1.54, 1.807) is 0 Å². The van der Waals surface area contributed by atoms with Crippen LogP contribution in [0.15, 0.2) is 18.2 Å². The average Bonchev–Trinajstić information content (AvgIpc) is 3.00. The Balaban J connectivity index is 2.06. The van der Waals surface area contributed by atoms with Gasteiger partial charge in [-0.25, -0.2) is 13.6 Å². The quantitative estimate of drug-likeness (QED) is 0.830. The van der Waals surface area contributed by atoms with Crippen LogP contribution in [0.5, 0.6) is 0 Å². The van der Waals surface area contributed by atoms with Crippen LogP contribution < -0.4 is 5.32 Å². The lowest BCUT2D eigenvalue weighted by Crippen LogP contribution is -2.51. The van der Waals surface area contributed by atoms with Gasteiger partial charge in [0, 0.05) is 12.5 Å². The van der Waals surface area contributed by atoms with Crippen molar-refractivity contribution >= 4 is 11.9 Å². The second-order valence-corrected chi connectivity index (χ2v) is 6.34. The van der Waals surface area contributed by atoms with E-state index in [1.165, 1.54) is 6.07 Å². The largest absolute Gasteiger partial charge is 0.480 e. The molecule has 2 atom stereocenters. The molecule has 1 aliphatic rings. The lowest BCUT2D eigenvalue weighted by Gasteiger charge is -2.28. The number of hydrogen-bond acceptors (Lipinski definition) is 3. The molecule has 5 nitrogen and oxygen atoms in total. The molecule has 2 N–H and O–H groups in total. The van der Waals surface area contributed by atoms with Gasteiger partial charge in [0.25, 0.3) is 0 Å². The standard InChI is InChI=1S/C17H22F2N2O3/c1-10(2)21-7-3-4-15(21)16(22)20-14(17(23)24)9-11-5-6-12(18)13(19)8-11/h5-6,8,10,14-15H,3-4,7,9H2,1-2H3,(H,20,22)(H,23,24)/t14?,15-/m1/s1. The SMILES string of the molecule is CC(C)N1CCC[C@@H]1C(=O)NC(Cc1ccc(F)c(F)c1)C(=O)O. The van der Waals surface area contributed by atoms with Gasteiger partial charge in [0.2, 0.25) is 5.91 Å². The number of aliphatic carboxylic acids is 1. The summed E-state index contributed by atoms with van der Waals surface area (Å²) in [6, 6.07) is 1.87. The van der Waals surface area contributed by atoms with Crippen molar-refractivity contribution in [2.75, 3.05) is 6.54 Å². The van der Waals surface area contributed by atoms with E-state index in [0.717, 1.165) is 25.1 Å². The molecule has 1 unspecified atom stereocenters. The second-order valence-electron chi connectivity index (χ2n) is 6.34. The summed E-state index contributed by atoms with van der Waals surface area (Å²) in [6.07, 6.45) is 1.46. The van der Waals surface area contributed by atoms with E-state index in [1.807, 2.05) is 18.7 Å². The molecule has 1 fully saturated rings. The number of amides is 1. The predicted molar refractivity (Wildman–Crippen MR) is 84.5 cm³/mol. The Labute approximate surface area is 139 Å². The molecular weight excluding hydrogens is 318 g/mol. The van der Waals surface area contributed by atoms with E-state index in [4.69, 9.17) is 0 Å². The smallest absolute Gasteiger partial charge is 0.326 e. The first kappa shape index (κ1) is 18.3. The van der Waals surface area contributed by atoms with Gasteiger partial charge in [-0.05, 0) is 50.9 Å². The van der Waals surface area contributed by atoms with E-state index in [0.29, 0.717) is 12.0 Å². The molecule has 1 amide bonds. The number of halogens is 2. The Hall–Kier alpha value is -2.02. The van der Waals surface area contributed by atoms with Crippen molar-refractivity contribution < 1.29 is 23.5 Å². The number of carbonyl (C=O) groups is 2. The average molecular weight is 340 g/mol. The summed E-state index contributed by atoms with van der Waals surface area (Å²) >= 11 is 0. The summed E-state index contributed by atoms with van der Waals surface area (Å²) in [4.78, 5) is 25.9. The molecule has 1 saturated heterocycles. The Morgan fingerprint density at radius 3 is 2.62 bits per heavy atom. The van der Waals surface area contributed by atoms with Gasteiger partial charge in [0.15, 0.2) is 11.6 Å². The summed E-state index contributed by atoms with van der Waals surface area (Å²) < 4.78 is 26.2. The molecule has 1 aliphatic heterocycles. The van der Waals surface area contributed by atoms with E-state index in [9.17, 15) is 23.5 Å². The zero-order valence-electron chi connectivity index (χ0n) is 13.8. The van der Waals surface area contributed by atoms with Gasteiger partial charge in [-0.2, -0.15) is 0 Å². The molecule has 2 rings (SSSR count). The van der Waals surface area contributed by atoms with Gasteiger partial charge in [-0.3, -0.25) is 9.69 Å². The first-order valence-corrected chi connectivity index (χ1v) is 8.02. The van der Waals surface area contributed by atoms with Crippen molar-refractivity contribution in [2.45, 2.75) is 51.2 Å². The van der Waals surface area contributed by atoms with E-state index < -0.39 is 23.6 Å². The molecule has 24 heavy (non-hydrogen) atoms. The van der Waals surface area contributed by atoms with Crippen molar-refractivity contribution in [1.29, 1.82) is 0 Å². The Kier molecular flexibility index (Phi) is 5.88. The topological polar surface area (TPSA) is 69.6 Å². The molecule has 0 bridgehead atoms. The summed E-state index contributed by atoms with van der Waals surface area (Å²) in [5.74, 6) is -3.57. The Morgan fingerprint density at radius 2 is 2.04 bits per heavy atom. The number of carboxylic acids is 1. The first-order chi connectivity index (χ1) is 11.3. The number of benzene rings is 1. The number of likely N-dealkylation sites (tertiary alicyclic amines) is 1. The number of carbonyl (C=O) groups excluding carboxylic acids is 1. The fourth-order valence-corrected chi connectivity index (χ4v) is 3.06. The summed E-state index contributed by atoms with van der Waals surface area (Å²) in [7, 11) is 0. The van der Waals surface area contributed by atoms with E-state index in [-0.39, 0.29) is 24.4 Å². The van der Waals surface area contributed by atoms with Crippen molar-refractivity contribution in [1.82, 2.24) is 10.2 Å². The minimum Gasteiger partial charge on any atom is -0.480 e. The molecule has 1 aromatic rings. The van der Waals surface area contributed by atoms with Gasteiger partial charge >= 0.3 is 5.97 Å². The summed E-state index contributed by atoms with van der Waals surface area (Å²) in [6.45, 7) is 4.78. The maximum Gasteiger partial charge on any atom is 0.326 e. The highest BCUT2D eigenvalue weighted by atomic mass is 19.2. The highest BCUT2D eigenvalue weighted by Gasteiger charge is 2.34. The number of nitrogens with one attached hydrogen (secondary N) is 1. The molecule has 0 radical (unpaired) electrons. The normalized spacial score (nSPS) is 19.5. The molecule has 0 spiro atoms. The zero-order valence-corrected chi connectivity index (χ0v) is 13.8. The lowest BCUT2D eigenvalue weighted by atomic mass is 10.0. The highest BCUT2D eigenvalue weighted by molar-refractivity contribution is 5.87. The van der Waals surface area contributed by atoms with Crippen LogP contribution >= 0.6 is 0 Å². The summed E-state index contributed by atoms with van der Waals surface area (Å²) in [5.41, 5.74) is 0.314. The monoisotopic (exact) mass is 340 g/mol. The highest BCUT2D eigenvalue weighted by Crippen LogP contribution is 2.20. The Bertz CT molecular complexity index is 622. The molecule has 7 heteroatoms. The van der Waals surface area contributed by atoms with Crippen LogP contribution in [0.4, 0.5) is 8.78 Å². The fourth-order valence-electron chi connectivity index (χ4n) is 3.06. The van der Waals surface area contributed by atoms with Gasteiger partial charge in [0.1, 0.15) is 6.04 Å². The maximum absolute atomic E-state index is 13.3. The lowest BCUT2D eigenvalue weighted by molar-refractivity contribution is -0.142. The molecule has 1 aromatic carbocycles. The van der Waals surface area contributed by atoms with Gasteiger partial charge in [-0.15, -0.1) is 0 Å². The molecule has 0 aromatic heterocycles. The minimum atomic E-state index is -1.21. The van der Waals surface area contributed by atoms with Gasteiger partial charge < -0.3 is 10.4 Å². The third-order valence-corrected chi connectivity index (χ3v) is 4.30. The van der Waals surface area contributed by atoms with Crippen LogP contribution in [-0.2, 0) is 16.0 Å². The van der Waals surface area contributed by atoms with Crippen molar-refractivity contribution in [3.8, 4) is 0 Å². The molecular formula is C17H22F2N2O3. The van der Waals surface area contributed by atoms with Crippen molar-refractivity contribution in [2.24, 2.45) is 0 Å². The van der Waals surface area contributed by atoms with E-state index in [2.05, 4.69) is 5.32 Å². The third-order valence-electron chi connectivity index (χ3n) is 4.30. The third kappa shape index (κ3) is 4.29. The maximum atomic E-state index is 13.3. The van der Waals surface area contributed by atoms with Crippen LogP contribution in [0.3, 0.4) is 0 Å². The van der Waals surface area contributed by atoms with E-state index >= 15 is 0 Å². The molecule has 0 saturated carbocycles. The number of rotatable bonds is 6. The van der Waals surface area contributed by atoms with Crippen LogP contribution in [0.1, 0.15) is 32.3 Å². The van der Waals surface area contributed by atoms with Crippen LogP contribution in [0.2, 0.25) is 0 Å². The van der Waals surface area contributed by atoms with Crippen LogP contribution in [-0.4, -0.2) is 46.6 Å². The van der Waals surface area contributed by atoms with Crippen molar-refractivity contribution in [3.05, 3.63) is 35.4 Å². The first-order valence-electron chi connectivity index (χ1n) is 8.02. The second kappa shape index (κ2) is 7.70. The number of nitrogens with zero attached hydrogens (tertiary/aromatic N) is 1. The predicted octanol–water partition coefficient (Wildman–Crippen LogP) is 1.95. The van der Waals surface area contributed by atoms with Crippen LogP contribution in [0, 0.1) is 11.6 Å². The molecule has 1 heterocycles. The number of carboxylic acid groups (broad SMARTS) is 1. The molecule has 132 valence electrons. The Morgan fingerprint density at radius 1 is 1.33 bits per heavy atom. The molecule has 0 aliphatic carbocycles. The zero-order chi connectivity index (χ0) is 17.9. The van der Waals surface area contributed by atoms with Crippen molar-refractivity contribution in [3.63, 3.8) is 0 Å². The fraction of sp³-hybridized carbons (Fsp3) is 0.529. The van der Waals surface area contributed by atoms with Gasteiger partial charge in [0.05, 0.1) is 6.04 Å². The minimum absolute atomic E-state index is 0.104. The number of hydrogen-bond donors (Lipinski definition) is 2.